The van der Waals surface area contributed by atoms with E-state index in [1.807, 2.05) is 0 Å². The molecule has 0 heterocycles. The largest absolute Gasteiger partial charge is 0.472 e. The van der Waals surface area contributed by atoms with Crippen molar-refractivity contribution in [2.45, 2.75) is 328 Å². The van der Waals surface area contributed by atoms with Crippen molar-refractivity contribution in [3.8, 4) is 0 Å². The average molecular weight is 1180 g/mol. The minimum Gasteiger partial charge on any atom is -0.462 e. The van der Waals surface area contributed by atoms with Crippen molar-refractivity contribution in [2.24, 2.45) is 5.73 Å². The molecule has 0 amide bonds. The molecule has 0 aliphatic carbocycles. The summed E-state index contributed by atoms with van der Waals surface area (Å²) in [6.07, 6.45) is 92.1. The predicted molar refractivity (Wildman–Crippen MR) is 358 cm³/mol. The fourth-order valence-electron chi connectivity index (χ4n) is 9.85. The number of carbonyl (C=O) groups excluding carboxylic acids is 2. The zero-order valence-corrected chi connectivity index (χ0v) is 54.8. The van der Waals surface area contributed by atoms with Crippen LogP contribution >= 0.6 is 7.82 Å². The number of allylic oxidation sites excluding steroid dienone is 16. The summed E-state index contributed by atoms with van der Waals surface area (Å²) in [7, 11) is -4.40. The molecule has 10 heteroatoms. The van der Waals surface area contributed by atoms with Gasteiger partial charge in [-0.15, -0.1) is 0 Å². The van der Waals surface area contributed by atoms with Crippen LogP contribution in [-0.2, 0) is 32.7 Å². The highest BCUT2D eigenvalue weighted by atomic mass is 31.2. The van der Waals surface area contributed by atoms with E-state index < -0.39 is 26.5 Å². The number of esters is 2. The van der Waals surface area contributed by atoms with Crippen molar-refractivity contribution in [3.63, 3.8) is 0 Å². The van der Waals surface area contributed by atoms with E-state index in [1.165, 1.54) is 205 Å². The van der Waals surface area contributed by atoms with Gasteiger partial charge in [0.25, 0.3) is 0 Å². The van der Waals surface area contributed by atoms with Gasteiger partial charge in [0.1, 0.15) is 6.61 Å². The zero-order valence-electron chi connectivity index (χ0n) is 53.9. The van der Waals surface area contributed by atoms with E-state index in [1.54, 1.807) is 0 Å². The summed E-state index contributed by atoms with van der Waals surface area (Å²) in [5.74, 6) is -0.819. The van der Waals surface area contributed by atoms with Gasteiger partial charge in [-0.2, -0.15) is 0 Å². The molecular formula is C73H130NO8P. The Hall–Kier alpha value is -3.07. The lowest BCUT2D eigenvalue weighted by molar-refractivity contribution is -0.161. The first-order valence-corrected chi connectivity index (χ1v) is 36.2. The van der Waals surface area contributed by atoms with Gasteiger partial charge in [0.05, 0.1) is 13.2 Å². The lowest BCUT2D eigenvalue weighted by Crippen LogP contribution is -2.29. The molecule has 0 saturated carbocycles. The third-order valence-electron chi connectivity index (χ3n) is 15.0. The Morgan fingerprint density at radius 1 is 0.373 bits per heavy atom. The van der Waals surface area contributed by atoms with Crippen molar-refractivity contribution in [1.82, 2.24) is 0 Å². The molecule has 0 radical (unpaired) electrons. The maximum absolute atomic E-state index is 12.8. The number of hydrogen-bond acceptors (Lipinski definition) is 8. The van der Waals surface area contributed by atoms with E-state index in [4.69, 9.17) is 24.3 Å². The minimum absolute atomic E-state index is 0.0514. The Balaban J connectivity index is 3.88. The first-order valence-electron chi connectivity index (χ1n) is 34.7. The molecule has 0 aromatic carbocycles. The number of unbranched alkanes of at least 4 members (excludes halogenated alkanes) is 36. The molecule has 2 unspecified atom stereocenters. The molecule has 0 saturated heterocycles. The molecule has 9 nitrogen and oxygen atoms in total. The number of nitrogens with two attached hydrogens (primary N) is 1. The zero-order chi connectivity index (χ0) is 60.1. The van der Waals surface area contributed by atoms with Crippen molar-refractivity contribution in [2.75, 3.05) is 26.4 Å². The van der Waals surface area contributed by atoms with Gasteiger partial charge in [-0.25, -0.2) is 4.57 Å². The first kappa shape index (κ1) is 79.9. The Labute approximate surface area is 512 Å². The smallest absolute Gasteiger partial charge is 0.462 e. The molecule has 0 fully saturated rings. The third-order valence-corrected chi connectivity index (χ3v) is 15.9. The van der Waals surface area contributed by atoms with Gasteiger partial charge in [0.15, 0.2) is 6.10 Å². The monoisotopic (exact) mass is 1180 g/mol. The number of rotatable bonds is 65. The summed E-state index contributed by atoms with van der Waals surface area (Å²) < 4.78 is 33.2. The van der Waals surface area contributed by atoms with Crippen LogP contribution in [0.2, 0.25) is 0 Å². The molecule has 3 N–H and O–H groups in total. The SMILES string of the molecule is CC/C=C\C/C=C\C/C=C\C/C=C\C/C=C\C/C=C\CCCCCCCCCCCCCCCCC(=O)OC(COC(=O)CCCCCCCCCCCCCCCCCCC/C=C\C/C=C\CCCCCCC)COP(=O)(O)OCCN. The third kappa shape index (κ3) is 67.9. The number of hydrogen-bond donors (Lipinski definition) is 2. The summed E-state index contributed by atoms with van der Waals surface area (Å²) in [5, 5.41) is 0. The molecule has 0 aromatic heterocycles. The highest BCUT2D eigenvalue weighted by Crippen LogP contribution is 2.43. The lowest BCUT2D eigenvalue weighted by atomic mass is 10.0. The van der Waals surface area contributed by atoms with Crippen LogP contribution in [0.5, 0.6) is 0 Å². The molecule has 83 heavy (non-hydrogen) atoms. The van der Waals surface area contributed by atoms with Gasteiger partial charge < -0.3 is 20.1 Å². The highest BCUT2D eigenvalue weighted by Gasteiger charge is 2.26. The van der Waals surface area contributed by atoms with E-state index in [0.29, 0.717) is 6.42 Å². The van der Waals surface area contributed by atoms with Gasteiger partial charge in [-0.1, -0.05) is 310 Å². The van der Waals surface area contributed by atoms with E-state index >= 15 is 0 Å². The fourth-order valence-corrected chi connectivity index (χ4v) is 10.6. The van der Waals surface area contributed by atoms with E-state index in [0.717, 1.165) is 83.5 Å². The van der Waals surface area contributed by atoms with Crippen molar-refractivity contribution < 1.29 is 37.6 Å². The summed E-state index contributed by atoms with van der Waals surface area (Å²) in [5.41, 5.74) is 5.40. The van der Waals surface area contributed by atoms with E-state index in [2.05, 4.69) is 111 Å². The highest BCUT2D eigenvalue weighted by molar-refractivity contribution is 7.47. The molecule has 0 aliphatic heterocycles. The van der Waals surface area contributed by atoms with Crippen LogP contribution in [0.1, 0.15) is 322 Å². The van der Waals surface area contributed by atoms with Gasteiger partial charge in [0.2, 0.25) is 0 Å². The molecule has 0 rings (SSSR count). The van der Waals surface area contributed by atoms with Crippen molar-refractivity contribution in [3.05, 3.63) is 97.2 Å². The van der Waals surface area contributed by atoms with Crippen LogP contribution in [-0.4, -0.2) is 49.3 Å². The second-order valence-electron chi connectivity index (χ2n) is 23.0. The Kier molecular flexibility index (Phi) is 65.5. The van der Waals surface area contributed by atoms with Crippen LogP contribution in [0.3, 0.4) is 0 Å². The summed E-state index contributed by atoms with van der Waals surface area (Å²) in [6, 6.07) is 0. The Morgan fingerprint density at radius 3 is 0.988 bits per heavy atom. The van der Waals surface area contributed by atoms with Crippen LogP contribution < -0.4 is 5.73 Å². The lowest BCUT2D eigenvalue weighted by Gasteiger charge is -2.19. The van der Waals surface area contributed by atoms with Gasteiger partial charge in [-0.05, 0) is 96.3 Å². The number of phosphoric acid groups is 1. The van der Waals surface area contributed by atoms with Crippen LogP contribution in [0, 0.1) is 0 Å². The maximum Gasteiger partial charge on any atom is 0.472 e. The molecule has 2 atom stereocenters. The van der Waals surface area contributed by atoms with Gasteiger partial charge in [-0.3, -0.25) is 18.6 Å². The fraction of sp³-hybridized carbons (Fsp3) is 0.753. The van der Waals surface area contributed by atoms with Crippen LogP contribution in [0.15, 0.2) is 97.2 Å². The molecule has 0 aromatic rings. The molecule has 0 bridgehead atoms. The normalized spacial score (nSPS) is 13.5. The van der Waals surface area contributed by atoms with Crippen LogP contribution in [0.25, 0.3) is 0 Å². The number of phosphoric ester groups is 1. The van der Waals surface area contributed by atoms with Gasteiger partial charge in [0, 0.05) is 19.4 Å². The molecule has 0 spiro atoms. The first-order chi connectivity index (χ1) is 40.8. The van der Waals surface area contributed by atoms with Crippen LogP contribution in [0.4, 0.5) is 0 Å². The quantitative estimate of drug-likeness (QED) is 0.0264. The van der Waals surface area contributed by atoms with Gasteiger partial charge >= 0.3 is 19.8 Å². The minimum atomic E-state index is -4.40. The molecular weight excluding hydrogens is 1050 g/mol. The Morgan fingerprint density at radius 2 is 0.663 bits per heavy atom. The van der Waals surface area contributed by atoms with E-state index in [-0.39, 0.29) is 38.6 Å². The van der Waals surface area contributed by atoms with Crippen molar-refractivity contribution >= 4 is 19.8 Å². The maximum atomic E-state index is 12.8. The summed E-state index contributed by atoms with van der Waals surface area (Å²) in [4.78, 5) is 35.4. The topological polar surface area (TPSA) is 134 Å². The summed E-state index contributed by atoms with van der Waals surface area (Å²) in [6.45, 7) is 3.66. The van der Waals surface area contributed by atoms with E-state index in [9.17, 15) is 19.0 Å². The standard InChI is InChI=1S/C73H130NO8P/c1-3-5-7-9-11-13-15-17-19-21-23-25-27-29-31-33-34-35-36-38-40-42-44-46-48-50-52-54-56-58-60-62-64-66-73(76)82-71(70-81-83(77,78)80-68-67-74)69-79-72(75)65-63-61-59-57-55-53-51-49-47-45-43-41-39-37-32-30-28-26-24-22-20-18-16-14-12-10-8-6-4-2/h5,7,11,13,16-19,22-25,29,31,34-35,71H,3-4,6,8-10,12,14-15,20-21,26-28,30,32-33,36-70,74H2,1-2H3,(H,77,78)/b7-5-,13-11-,18-16-,19-17-,24-22-,25-23-,31-29-,35-34-. The summed E-state index contributed by atoms with van der Waals surface area (Å²) >= 11 is 0. The van der Waals surface area contributed by atoms with Crippen molar-refractivity contribution in [1.29, 1.82) is 0 Å². The average Bonchev–Trinajstić information content (AvgIpc) is 3.49. The molecule has 480 valence electrons. The number of ether oxygens (including phenoxy) is 2. The number of carbonyl (C=O) groups is 2. The Bertz CT molecular complexity index is 1680. The second-order valence-corrected chi connectivity index (χ2v) is 24.5. The predicted octanol–water partition coefficient (Wildman–Crippen LogP) is 22.7. The molecule has 0 aliphatic rings. The second kappa shape index (κ2) is 68.0.